The number of ether oxygens (including phenoxy) is 2. The summed E-state index contributed by atoms with van der Waals surface area (Å²) in [6, 6.07) is 13.0. The van der Waals surface area contributed by atoms with Crippen molar-refractivity contribution in [1.29, 1.82) is 0 Å². The van der Waals surface area contributed by atoms with Crippen molar-refractivity contribution in [2.75, 3.05) is 38.8 Å². The number of rotatable bonds is 7. The van der Waals surface area contributed by atoms with Crippen LogP contribution in [0.5, 0.6) is 11.5 Å². The molecule has 2 aromatic carbocycles. The van der Waals surface area contributed by atoms with Crippen LogP contribution in [0.3, 0.4) is 0 Å². The van der Waals surface area contributed by atoms with Crippen LogP contribution in [0.4, 0.5) is 5.69 Å². The fraction of sp³-hybridized carbons (Fsp3) is 0.500. The van der Waals surface area contributed by atoms with E-state index in [9.17, 15) is 4.79 Å². The lowest BCUT2D eigenvalue weighted by Gasteiger charge is -2.41. The van der Waals surface area contributed by atoms with Crippen LogP contribution in [0.15, 0.2) is 36.4 Å². The first-order valence-electron chi connectivity index (χ1n) is 11.6. The zero-order valence-corrected chi connectivity index (χ0v) is 19.9. The highest BCUT2D eigenvalue weighted by atomic mass is 16.5. The summed E-state index contributed by atoms with van der Waals surface area (Å²) in [7, 11) is 3.26. The Morgan fingerprint density at radius 3 is 2.25 bits per heavy atom. The third-order valence-corrected chi connectivity index (χ3v) is 7.05. The van der Waals surface area contributed by atoms with E-state index in [0.29, 0.717) is 23.6 Å². The minimum Gasteiger partial charge on any atom is -0.497 e. The second kappa shape index (κ2) is 9.41. The Labute approximate surface area is 191 Å². The number of amides is 1. The van der Waals surface area contributed by atoms with Gasteiger partial charge in [0.15, 0.2) is 0 Å². The lowest BCUT2D eigenvalue weighted by atomic mass is 10.0. The van der Waals surface area contributed by atoms with E-state index in [-0.39, 0.29) is 11.9 Å². The van der Waals surface area contributed by atoms with Gasteiger partial charge in [0.05, 0.1) is 20.3 Å². The number of likely N-dealkylation sites (N-methyl/N-ethyl adjacent to an activating group) is 1. The summed E-state index contributed by atoms with van der Waals surface area (Å²) >= 11 is 0. The van der Waals surface area contributed by atoms with Gasteiger partial charge in [0, 0.05) is 42.5 Å². The molecule has 2 aliphatic heterocycles. The summed E-state index contributed by atoms with van der Waals surface area (Å²) in [4.78, 5) is 18.3. The number of piperazine rings is 1. The maximum atomic E-state index is 13.2. The maximum absolute atomic E-state index is 13.2. The standard InChI is InChI=1S/C26H35N3O3/c1-6-29-21-9-10-22(29)16-28(15-21)20-8-7-17(2)25(13-20)26(30)27-18(3)19-11-23(31-4)14-24(12-19)32-5/h7-8,11-14,18,21-22H,6,9-10,15-16H2,1-5H3,(H,27,30)/t18-,21-,22+/m1/s1. The van der Waals surface area contributed by atoms with Crippen molar-refractivity contribution >= 4 is 11.6 Å². The van der Waals surface area contributed by atoms with Crippen LogP contribution in [0.25, 0.3) is 0 Å². The van der Waals surface area contributed by atoms with Crippen LogP contribution in [-0.2, 0) is 0 Å². The lowest BCUT2D eigenvalue weighted by Crippen LogP contribution is -2.53. The van der Waals surface area contributed by atoms with E-state index in [1.807, 2.05) is 32.0 Å². The van der Waals surface area contributed by atoms with Gasteiger partial charge in [-0.25, -0.2) is 0 Å². The number of fused-ring (bicyclic) bond motifs is 2. The first-order chi connectivity index (χ1) is 15.4. The molecule has 1 N–H and O–H groups in total. The predicted octanol–water partition coefficient (Wildman–Crippen LogP) is 4.18. The molecule has 2 bridgehead atoms. The number of hydrogen-bond donors (Lipinski definition) is 1. The van der Waals surface area contributed by atoms with E-state index in [4.69, 9.17) is 9.47 Å². The molecule has 0 aromatic heterocycles. The number of carbonyl (C=O) groups excluding carboxylic acids is 1. The molecule has 0 radical (unpaired) electrons. The van der Waals surface area contributed by atoms with Crippen LogP contribution in [-0.4, -0.2) is 56.7 Å². The quantitative estimate of drug-likeness (QED) is 0.704. The Morgan fingerprint density at radius 1 is 1.06 bits per heavy atom. The highest BCUT2D eigenvalue weighted by Gasteiger charge is 2.38. The number of nitrogens with one attached hydrogen (secondary N) is 1. The summed E-state index contributed by atoms with van der Waals surface area (Å²) in [5, 5.41) is 3.16. The Morgan fingerprint density at radius 2 is 1.69 bits per heavy atom. The molecular weight excluding hydrogens is 402 g/mol. The Bertz CT molecular complexity index is 941. The normalized spacial score (nSPS) is 21.3. The number of hydrogen-bond acceptors (Lipinski definition) is 5. The maximum Gasteiger partial charge on any atom is 0.252 e. The van der Waals surface area contributed by atoms with E-state index in [0.717, 1.165) is 42.0 Å². The van der Waals surface area contributed by atoms with Gasteiger partial charge in [0.25, 0.3) is 5.91 Å². The van der Waals surface area contributed by atoms with Gasteiger partial charge in [0.1, 0.15) is 11.5 Å². The molecule has 2 aromatic rings. The van der Waals surface area contributed by atoms with E-state index >= 15 is 0 Å². The molecule has 6 heteroatoms. The zero-order valence-electron chi connectivity index (χ0n) is 19.9. The van der Waals surface area contributed by atoms with Crippen molar-refractivity contribution in [3.8, 4) is 11.5 Å². The third kappa shape index (κ3) is 4.42. The molecule has 3 atom stereocenters. The molecule has 4 rings (SSSR count). The molecule has 32 heavy (non-hydrogen) atoms. The SMILES string of the molecule is CCN1[C@@H]2CC[C@H]1CN(c1ccc(C)c(C(=O)N[C@H](C)c3cc(OC)cc(OC)c3)c1)C2. The van der Waals surface area contributed by atoms with Gasteiger partial charge in [0.2, 0.25) is 0 Å². The van der Waals surface area contributed by atoms with Crippen molar-refractivity contribution in [2.24, 2.45) is 0 Å². The van der Waals surface area contributed by atoms with Gasteiger partial charge >= 0.3 is 0 Å². The Kier molecular flexibility index (Phi) is 6.60. The average Bonchev–Trinajstić information content (AvgIpc) is 3.06. The first kappa shape index (κ1) is 22.5. The summed E-state index contributed by atoms with van der Waals surface area (Å²) < 4.78 is 10.8. The molecule has 0 aliphatic carbocycles. The number of anilines is 1. The summed E-state index contributed by atoms with van der Waals surface area (Å²) in [6.45, 7) is 9.43. The van der Waals surface area contributed by atoms with Crippen molar-refractivity contribution in [2.45, 2.75) is 51.7 Å². The van der Waals surface area contributed by atoms with Crippen LogP contribution in [0.2, 0.25) is 0 Å². The topological polar surface area (TPSA) is 54.0 Å². The van der Waals surface area contributed by atoms with Crippen molar-refractivity contribution in [3.05, 3.63) is 53.1 Å². The Hall–Kier alpha value is -2.73. The summed E-state index contributed by atoms with van der Waals surface area (Å²) in [5.41, 5.74) is 3.80. The third-order valence-electron chi connectivity index (χ3n) is 7.05. The molecule has 6 nitrogen and oxygen atoms in total. The largest absolute Gasteiger partial charge is 0.497 e. The van der Waals surface area contributed by atoms with Crippen molar-refractivity contribution < 1.29 is 14.3 Å². The molecule has 172 valence electrons. The fourth-order valence-electron chi connectivity index (χ4n) is 5.21. The van der Waals surface area contributed by atoms with Gasteiger partial charge in [-0.2, -0.15) is 0 Å². The molecule has 2 heterocycles. The van der Waals surface area contributed by atoms with Crippen LogP contribution >= 0.6 is 0 Å². The number of methoxy groups -OCH3 is 2. The first-order valence-corrected chi connectivity index (χ1v) is 11.6. The van der Waals surface area contributed by atoms with Crippen LogP contribution < -0.4 is 19.7 Å². The van der Waals surface area contributed by atoms with E-state index in [1.165, 1.54) is 12.8 Å². The van der Waals surface area contributed by atoms with Gasteiger partial charge in [-0.05, 0) is 68.6 Å². The number of benzene rings is 2. The second-order valence-electron chi connectivity index (χ2n) is 8.96. The molecule has 0 spiro atoms. The highest BCUT2D eigenvalue weighted by molar-refractivity contribution is 5.96. The van der Waals surface area contributed by atoms with Gasteiger partial charge in [-0.3, -0.25) is 9.69 Å². The molecular formula is C26H35N3O3. The van der Waals surface area contributed by atoms with Crippen LogP contribution in [0, 0.1) is 6.92 Å². The second-order valence-corrected chi connectivity index (χ2v) is 8.96. The highest BCUT2D eigenvalue weighted by Crippen LogP contribution is 2.33. The van der Waals surface area contributed by atoms with Crippen molar-refractivity contribution in [1.82, 2.24) is 10.2 Å². The van der Waals surface area contributed by atoms with E-state index in [1.54, 1.807) is 14.2 Å². The van der Waals surface area contributed by atoms with Gasteiger partial charge < -0.3 is 19.7 Å². The number of aryl methyl sites for hydroxylation is 1. The lowest BCUT2D eigenvalue weighted by molar-refractivity contribution is 0.0939. The van der Waals surface area contributed by atoms with Gasteiger partial charge in [-0.15, -0.1) is 0 Å². The van der Waals surface area contributed by atoms with Crippen molar-refractivity contribution in [3.63, 3.8) is 0 Å². The minimum atomic E-state index is -0.182. The fourth-order valence-corrected chi connectivity index (χ4v) is 5.21. The van der Waals surface area contributed by atoms with Crippen LogP contribution in [0.1, 0.15) is 54.2 Å². The molecule has 2 saturated heterocycles. The zero-order chi connectivity index (χ0) is 22.8. The average molecular weight is 438 g/mol. The summed E-state index contributed by atoms with van der Waals surface area (Å²) in [6.07, 6.45) is 2.55. The number of nitrogens with zero attached hydrogens (tertiary/aromatic N) is 2. The molecule has 1 amide bonds. The molecule has 2 fully saturated rings. The monoisotopic (exact) mass is 437 g/mol. The number of carbonyl (C=O) groups is 1. The smallest absolute Gasteiger partial charge is 0.252 e. The molecule has 0 saturated carbocycles. The Balaban J connectivity index is 1.51. The minimum absolute atomic E-state index is 0.0613. The van der Waals surface area contributed by atoms with E-state index in [2.05, 4.69) is 40.2 Å². The summed E-state index contributed by atoms with van der Waals surface area (Å²) in [5.74, 6) is 1.35. The van der Waals surface area contributed by atoms with Gasteiger partial charge in [-0.1, -0.05) is 13.0 Å². The van der Waals surface area contributed by atoms with E-state index < -0.39 is 0 Å². The molecule has 0 unspecified atom stereocenters. The predicted molar refractivity (Wildman–Crippen MR) is 128 cm³/mol. The molecule has 2 aliphatic rings.